The summed E-state index contributed by atoms with van der Waals surface area (Å²) < 4.78 is 0. The third-order valence-corrected chi connectivity index (χ3v) is 5.45. The summed E-state index contributed by atoms with van der Waals surface area (Å²) in [6, 6.07) is 14.2. The van der Waals surface area contributed by atoms with Crippen molar-refractivity contribution in [1.29, 1.82) is 0 Å². The molecule has 31 heavy (non-hydrogen) atoms. The Morgan fingerprint density at radius 3 is 2.26 bits per heavy atom. The van der Waals surface area contributed by atoms with Crippen molar-refractivity contribution in [2.75, 3.05) is 10.6 Å². The molecule has 2 N–H and O–H groups in total. The maximum absolute atomic E-state index is 12.2. The number of hydrogen-bond acceptors (Lipinski definition) is 7. The van der Waals surface area contributed by atoms with E-state index in [2.05, 4.69) is 43.2 Å². The summed E-state index contributed by atoms with van der Waals surface area (Å²) in [5, 5.41) is 18.6. The number of benzene rings is 1. The van der Waals surface area contributed by atoms with Crippen molar-refractivity contribution < 1.29 is 4.79 Å². The topological polar surface area (TPSA) is 92.7 Å². The van der Waals surface area contributed by atoms with Crippen LogP contribution in [0.15, 0.2) is 48.7 Å². The quantitative estimate of drug-likeness (QED) is 0.523. The molecule has 1 aliphatic rings. The van der Waals surface area contributed by atoms with Gasteiger partial charge in [0.2, 0.25) is 0 Å². The summed E-state index contributed by atoms with van der Waals surface area (Å²) in [6.07, 6.45) is 10.2. The second kappa shape index (κ2) is 10.6. The summed E-state index contributed by atoms with van der Waals surface area (Å²) in [5.41, 5.74) is 3.42. The van der Waals surface area contributed by atoms with Crippen molar-refractivity contribution in [1.82, 2.24) is 20.4 Å². The molecule has 0 fully saturated rings. The number of aromatic nitrogens is 4. The number of rotatable bonds is 0. The minimum Gasteiger partial charge on any atom is -0.339 e. The van der Waals surface area contributed by atoms with Crippen molar-refractivity contribution in [3.05, 3.63) is 59.8 Å². The predicted molar refractivity (Wildman–Crippen MR) is 122 cm³/mol. The summed E-state index contributed by atoms with van der Waals surface area (Å²) in [5.74, 6) is 2.30. The molecule has 0 atom stereocenters. The molecule has 4 rings (SSSR count). The van der Waals surface area contributed by atoms with E-state index in [1.54, 1.807) is 6.20 Å². The number of anilines is 4. The highest BCUT2D eigenvalue weighted by atomic mass is 16.1. The highest BCUT2D eigenvalue weighted by Gasteiger charge is 2.06. The largest absolute Gasteiger partial charge is 0.339 e. The SMILES string of the molecule is O=C1CCCCCc2cccc(c2)Nc2cc(nnn2)Nc2cc(ccn2)CCCC1. The lowest BCUT2D eigenvalue weighted by molar-refractivity contribution is -0.119. The van der Waals surface area contributed by atoms with Crippen LogP contribution in [0.2, 0.25) is 0 Å². The fraction of sp³-hybridized carbons (Fsp3) is 0.375. The number of hydrogen-bond donors (Lipinski definition) is 2. The van der Waals surface area contributed by atoms with E-state index >= 15 is 0 Å². The number of nitrogens with zero attached hydrogens (tertiary/aromatic N) is 4. The van der Waals surface area contributed by atoms with Crippen LogP contribution in [-0.2, 0) is 17.6 Å². The normalized spacial score (nSPS) is 15.8. The van der Waals surface area contributed by atoms with Gasteiger partial charge in [0, 0.05) is 30.8 Å². The fourth-order valence-electron chi connectivity index (χ4n) is 3.81. The Hall–Kier alpha value is -3.35. The first-order valence-electron chi connectivity index (χ1n) is 11.0. The molecule has 3 heterocycles. The van der Waals surface area contributed by atoms with Crippen molar-refractivity contribution in [3.63, 3.8) is 0 Å². The smallest absolute Gasteiger partial charge is 0.159 e. The maximum Gasteiger partial charge on any atom is 0.159 e. The van der Waals surface area contributed by atoms with E-state index < -0.39 is 0 Å². The Labute approximate surface area is 182 Å². The van der Waals surface area contributed by atoms with Crippen LogP contribution >= 0.6 is 0 Å². The van der Waals surface area contributed by atoms with Gasteiger partial charge in [-0.3, -0.25) is 4.79 Å². The highest BCUT2D eigenvalue weighted by molar-refractivity contribution is 5.78. The number of pyridine rings is 1. The molecule has 0 unspecified atom stereocenters. The standard InChI is InChI=1S/C24H28N6O/c31-21-11-3-1-2-7-18-9-6-10-20(15-18)26-23-17-24(29-30-28-23)27-22-16-19(13-14-25-22)8-4-5-12-21/h6,9-10,13-17H,1-5,7-8,11-12H2,(H2,25,26,27,28,29). The number of carbonyl (C=O) groups excluding carboxylic acids is 1. The van der Waals surface area contributed by atoms with E-state index in [1.165, 1.54) is 11.1 Å². The molecule has 160 valence electrons. The Bertz CT molecular complexity index is 1020. The second-order valence-corrected chi connectivity index (χ2v) is 8.01. The third-order valence-electron chi connectivity index (χ3n) is 5.45. The minimum absolute atomic E-state index is 0.388. The molecule has 0 amide bonds. The Kier molecular flexibility index (Phi) is 7.16. The summed E-state index contributed by atoms with van der Waals surface area (Å²) >= 11 is 0. The Morgan fingerprint density at radius 1 is 0.677 bits per heavy atom. The molecule has 7 heteroatoms. The lowest BCUT2D eigenvalue weighted by Crippen LogP contribution is -2.03. The van der Waals surface area contributed by atoms with Crippen molar-refractivity contribution in [3.8, 4) is 0 Å². The molecule has 0 spiro atoms. The first-order valence-corrected chi connectivity index (χ1v) is 11.0. The van der Waals surface area contributed by atoms with Gasteiger partial charge in [-0.1, -0.05) is 18.6 Å². The fourth-order valence-corrected chi connectivity index (χ4v) is 3.81. The molecule has 1 aromatic carbocycles. The van der Waals surface area contributed by atoms with Crippen LogP contribution < -0.4 is 10.6 Å². The molecular weight excluding hydrogens is 388 g/mol. The monoisotopic (exact) mass is 416 g/mol. The van der Waals surface area contributed by atoms with Crippen LogP contribution in [-0.4, -0.2) is 26.2 Å². The van der Waals surface area contributed by atoms with Gasteiger partial charge in [0.25, 0.3) is 0 Å². The van der Waals surface area contributed by atoms with Gasteiger partial charge >= 0.3 is 0 Å². The maximum atomic E-state index is 12.2. The van der Waals surface area contributed by atoms with Gasteiger partial charge in [0.05, 0.1) is 0 Å². The lowest BCUT2D eigenvalue weighted by Gasteiger charge is -2.09. The number of nitrogens with one attached hydrogen (secondary N) is 2. The van der Waals surface area contributed by atoms with E-state index in [1.807, 2.05) is 30.3 Å². The van der Waals surface area contributed by atoms with Crippen molar-refractivity contribution >= 4 is 28.9 Å². The van der Waals surface area contributed by atoms with Gasteiger partial charge in [0.15, 0.2) is 11.6 Å². The molecular formula is C24H28N6O. The van der Waals surface area contributed by atoms with Crippen LogP contribution in [0.5, 0.6) is 0 Å². The number of fused-ring (bicyclic) bond motifs is 6. The highest BCUT2D eigenvalue weighted by Crippen LogP contribution is 2.21. The summed E-state index contributed by atoms with van der Waals surface area (Å²) in [4.78, 5) is 16.5. The zero-order valence-corrected chi connectivity index (χ0v) is 17.7. The molecule has 0 radical (unpaired) electrons. The van der Waals surface area contributed by atoms with Gasteiger partial charge in [-0.05, 0) is 79.1 Å². The van der Waals surface area contributed by atoms with Crippen molar-refractivity contribution in [2.45, 2.75) is 57.8 Å². The van der Waals surface area contributed by atoms with E-state index in [4.69, 9.17) is 0 Å². The molecule has 0 aliphatic carbocycles. The van der Waals surface area contributed by atoms with E-state index in [9.17, 15) is 4.79 Å². The van der Waals surface area contributed by atoms with Gasteiger partial charge in [0.1, 0.15) is 11.6 Å². The Morgan fingerprint density at radius 2 is 1.39 bits per heavy atom. The van der Waals surface area contributed by atoms with Gasteiger partial charge < -0.3 is 10.6 Å². The Balaban J connectivity index is 1.53. The first kappa shape index (κ1) is 20.9. The van der Waals surface area contributed by atoms with Crippen LogP contribution in [0, 0.1) is 0 Å². The van der Waals surface area contributed by atoms with E-state index in [0.717, 1.165) is 50.6 Å². The van der Waals surface area contributed by atoms with Crippen LogP contribution in [0.1, 0.15) is 56.1 Å². The van der Waals surface area contributed by atoms with Crippen molar-refractivity contribution in [2.24, 2.45) is 0 Å². The zero-order valence-electron chi connectivity index (χ0n) is 17.7. The van der Waals surface area contributed by atoms with Gasteiger partial charge in [-0.2, -0.15) is 0 Å². The molecule has 6 bridgehead atoms. The predicted octanol–water partition coefficient (Wildman–Crippen LogP) is 5.15. The lowest BCUT2D eigenvalue weighted by atomic mass is 10.0. The van der Waals surface area contributed by atoms with E-state index in [-0.39, 0.29) is 0 Å². The van der Waals surface area contributed by atoms with Crippen LogP contribution in [0.4, 0.5) is 23.1 Å². The number of aryl methyl sites for hydroxylation is 2. The molecule has 0 saturated carbocycles. The third kappa shape index (κ3) is 6.57. The second-order valence-electron chi connectivity index (χ2n) is 8.01. The molecule has 3 aromatic rings. The number of ketones is 1. The summed E-state index contributed by atoms with van der Waals surface area (Å²) in [6.45, 7) is 0. The molecule has 0 saturated heterocycles. The molecule has 1 aliphatic heterocycles. The average molecular weight is 417 g/mol. The minimum atomic E-state index is 0.388. The van der Waals surface area contributed by atoms with Crippen LogP contribution in [0.25, 0.3) is 0 Å². The van der Waals surface area contributed by atoms with Crippen LogP contribution in [0.3, 0.4) is 0 Å². The zero-order chi connectivity index (χ0) is 21.3. The van der Waals surface area contributed by atoms with E-state index in [0.29, 0.717) is 36.1 Å². The summed E-state index contributed by atoms with van der Waals surface area (Å²) in [7, 11) is 0. The first-order chi connectivity index (χ1) is 15.2. The van der Waals surface area contributed by atoms with Gasteiger partial charge in [-0.25, -0.2) is 4.98 Å². The molecule has 2 aromatic heterocycles. The average Bonchev–Trinajstić information content (AvgIpc) is 2.77. The molecule has 7 nitrogen and oxygen atoms in total. The number of carbonyl (C=O) groups is 1. The number of Topliss-reactive ketones (excluding diaryl/α,β-unsaturated/α-hetero) is 1. The van der Waals surface area contributed by atoms with Gasteiger partial charge in [-0.15, -0.1) is 10.2 Å².